The van der Waals surface area contributed by atoms with Gasteiger partial charge in [0.25, 0.3) is 5.91 Å². The van der Waals surface area contributed by atoms with Gasteiger partial charge in [-0.3, -0.25) is 4.79 Å². The molecule has 3 rings (SSSR count). The van der Waals surface area contributed by atoms with Crippen LogP contribution in [0.5, 0.6) is 0 Å². The van der Waals surface area contributed by atoms with Crippen LogP contribution in [0.2, 0.25) is 0 Å². The van der Waals surface area contributed by atoms with Crippen LogP contribution < -0.4 is 0 Å². The fraction of sp³-hybridized carbons (Fsp3) is 0.692. The van der Waals surface area contributed by atoms with Gasteiger partial charge in [0.2, 0.25) is 0 Å². The molecule has 0 aromatic carbocycles. The minimum absolute atomic E-state index is 0.0781. The third-order valence-electron chi connectivity index (χ3n) is 3.80. The number of carbonyl (C=O) groups excluding carboxylic acids is 1. The average molecular weight is 234 g/mol. The van der Waals surface area contributed by atoms with E-state index in [9.17, 15) is 4.79 Å². The topological polar surface area (TPSA) is 46.3 Å². The molecule has 0 unspecified atom stereocenters. The van der Waals surface area contributed by atoms with Gasteiger partial charge >= 0.3 is 0 Å². The molecule has 2 aliphatic rings. The van der Waals surface area contributed by atoms with E-state index in [-0.39, 0.29) is 5.91 Å². The van der Waals surface area contributed by atoms with Gasteiger partial charge in [-0.25, -0.2) is 0 Å². The minimum atomic E-state index is 0.0781. The van der Waals surface area contributed by atoms with Crippen molar-refractivity contribution in [2.45, 2.75) is 44.9 Å². The Labute approximate surface area is 101 Å². The molecule has 0 radical (unpaired) electrons. The molecule has 0 atom stereocenters. The van der Waals surface area contributed by atoms with Crippen molar-refractivity contribution in [3.63, 3.8) is 0 Å². The molecular formula is C13H18N2O2. The van der Waals surface area contributed by atoms with Crippen molar-refractivity contribution in [3.05, 3.63) is 17.0 Å². The Morgan fingerprint density at radius 3 is 2.65 bits per heavy atom. The Hall–Kier alpha value is -1.32. The highest BCUT2D eigenvalue weighted by Gasteiger charge is 2.27. The van der Waals surface area contributed by atoms with E-state index in [0.717, 1.165) is 62.9 Å². The molecule has 1 aromatic heterocycles. The van der Waals surface area contributed by atoms with E-state index in [4.69, 9.17) is 4.52 Å². The third kappa shape index (κ3) is 1.96. The number of carbonyl (C=O) groups is 1. The summed E-state index contributed by atoms with van der Waals surface area (Å²) in [6, 6.07) is 0. The Morgan fingerprint density at radius 2 is 1.82 bits per heavy atom. The molecular weight excluding hydrogens is 216 g/mol. The first kappa shape index (κ1) is 10.8. The van der Waals surface area contributed by atoms with E-state index in [1.165, 1.54) is 6.42 Å². The van der Waals surface area contributed by atoms with Crippen molar-refractivity contribution in [1.29, 1.82) is 0 Å². The van der Waals surface area contributed by atoms with Gasteiger partial charge in [-0.15, -0.1) is 0 Å². The molecule has 1 aliphatic carbocycles. The molecule has 1 fully saturated rings. The predicted octanol–water partition coefficient (Wildman–Crippen LogP) is 2.18. The van der Waals surface area contributed by atoms with Gasteiger partial charge in [-0.2, -0.15) is 0 Å². The van der Waals surface area contributed by atoms with E-state index in [1.807, 2.05) is 4.90 Å². The number of rotatable bonds is 1. The molecule has 92 valence electrons. The van der Waals surface area contributed by atoms with Gasteiger partial charge in [0.1, 0.15) is 5.76 Å². The van der Waals surface area contributed by atoms with Crippen LogP contribution in [0.25, 0.3) is 0 Å². The summed E-state index contributed by atoms with van der Waals surface area (Å²) in [5.41, 5.74) is 1.67. The third-order valence-corrected chi connectivity index (χ3v) is 3.80. The molecule has 2 heterocycles. The molecule has 17 heavy (non-hydrogen) atoms. The second-order valence-corrected chi connectivity index (χ2v) is 4.99. The highest BCUT2D eigenvalue weighted by molar-refractivity contribution is 5.94. The molecule has 4 heteroatoms. The zero-order valence-electron chi connectivity index (χ0n) is 10.1. The van der Waals surface area contributed by atoms with Crippen LogP contribution in [-0.4, -0.2) is 29.1 Å². The van der Waals surface area contributed by atoms with Crippen LogP contribution in [-0.2, 0) is 12.8 Å². The van der Waals surface area contributed by atoms with Crippen LogP contribution in [0.1, 0.15) is 53.9 Å². The maximum atomic E-state index is 12.3. The SMILES string of the molecule is O=C(c1noc2c1CCCCC2)N1CCCC1. The quantitative estimate of drug-likeness (QED) is 0.700. The molecule has 1 aliphatic heterocycles. The lowest BCUT2D eigenvalue weighted by Crippen LogP contribution is -2.28. The summed E-state index contributed by atoms with van der Waals surface area (Å²) < 4.78 is 5.35. The number of aromatic nitrogens is 1. The Morgan fingerprint density at radius 1 is 1.06 bits per heavy atom. The lowest BCUT2D eigenvalue weighted by atomic mass is 10.1. The largest absolute Gasteiger partial charge is 0.360 e. The highest BCUT2D eigenvalue weighted by atomic mass is 16.5. The number of likely N-dealkylation sites (tertiary alicyclic amines) is 1. The molecule has 0 spiro atoms. The number of hydrogen-bond acceptors (Lipinski definition) is 3. The van der Waals surface area contributed by atoms with Crippen molar-refractivity contribution < 1.29 is 9.32 Å². The van der Waals surface area contributed by atoms with E-state index >= 15 is 0 Å². The van der Waals surface area contributed by atoms with Crippen molar-refractivity contribution in [1.82, 2.24) is 10.1 Å². The Balaban J connectivity index is 1.87. The molecule has 0 saturated carbocycles. The summed E-state index contributed by atoms with van der Waals surface area (Å²) in [6.07, 6.45) is 7.65. The second-order valence-electron chi connectivity index (χ2n) is 4.99. The molecule has 0 N–H and O–H groups in total. The van der Waals surface area contributed by atoms with Gasteiger partial charge in [0.15, 0.2) is 5.69 Å². The summed E-state index contributed by atoms with van der Waals surface area (Å²) in [4.78, 5) is 14.2. The average Bonchev–Trinajstić information content (AvgIpc) is 2.94. The van der Waals surface area contributed by atoms with Gasteiger partial charge in [-0.05, 0) is 32.1 Å². The first-order chi connectivity index (χ1) is 8.36. The number of nitrogens with zero attached hydrogens (tertiary/aromatic N) is 2. The van der Waals surface area contributed by atoms with E-state index in [1.54, 1.807) is 0 Å². The normalized spacial score (nSPS) is 20.1. The highest BCUT2D eigenvalue weighted by Crippen LogP contribution is 2.25. The van der Waals surface area contributed by atoms with Crippen molar-refractivity contribution in [3.8, 4) is 0 Å². The molecule has 0 bridgehead atoms. The minimum Gasteiger partial charge on any atom is -0.360 e. The number of amides is 1. The maximum Gasteiger partial charge on any atom is 0.276 e. The zero-order chi connectivity index (χ0) is 11.7. The Kier molecular flexibility index (Phi) is 2.87. The lowest BCUT2D eigenvalue weighted by Gasteiger charge is -2.13. The second kappa shape index (κ2) is 4.51. The van der Waals surface area contributed by atoms with Crippen molar-refractivity contribution in [2.24, 2.45) is 0 Å². The van der Waals surface area contributed by atoms with Gasteiger partial charge in [0.05, 0.1) is 0 Å². The fourth-order valence-corrected chi connectivity index (χ4v) is 2.80. The van der Waals surface area contributed by atoms with Crippen LogP contribution >= 0.6 is 0 Å². The van der Waals surface area contributed by atoms with Crippen molar-refractivity contribution >= 4 is 5.91 Å². The molecule has 1 aromatic rings. The first-order valence-electron chi connectivity index (χ1n) is 6.63. The molecule has 1 amide bonds. The summed E-state index contributed by atoms with van der Waals surface area (Å²) >= 11 is 0. The smallest absolute Gasteiger partial charge is 0.276 e. The maximum absolute atomic E-state index is 12.3. The van der Waals surface area contributed by atoms with Gasteiger partial charge in [0, 0.05) is 25.1 Å². The van der Waals surface area contributed by atoms with Crippen LogP contribution in [0.4, 0.5) is 0 Å². The standard InChI is InChI=1S/C13H18N2O2/c16-13(15-8-4-5-9-15)12-10-6-2-1-3-7-11(10)17-14-12/h1-9H2. The lowest BCUT2D eigenvalue weighted by molar-refractivity contribution is 0.0781. The van der Waals surface area contributed by atoms with Crippen LogP contribution in [0, 0.1) is 0 Å². The summed E-state index contributed by atoms with van der Waals surface area (Å²) in [7, 11) is 0. The van der Waals surface area contributed by atoms with Gasteiger partial charge in [-0.1, -0.05) is 11.6 Å². The number of hydrogen-bond donors (Lipinski definition) is 0. The van der Waals surface area contributed by atoms with E-state index in [0.29, 0.717) is 5.69 Å². The zero-order valence-corrected chi connectivity index (χ0v) is 10.1. The van der Waals surface area contributed by atoms with Crippen LogP contribution in [0.3, 0.4) is 0 Å². The van der Waals surface area contributed by atoms with Gasteiger partial charge < -0.3 is 9.42 Å². The Bertz CT molecular complexity index is 419. The monoisotopic (exact) mass is 234 g/mol. The summed E-state index contributed by atoms with van der Waals surface area (Å²) in [6.45, 7) is 1.75. The van der Waals surface area contributed by atoms with Crippen LogP contribution in [0.15, 0.2) is 4.52 Å². The van der Waals surface area contributed by atoms with Crippen molar-refractivity contribution in [2.75, 3.05) is 13.1 Å². The van der Waals surface area contributed by atoms with E-state index < -0.39 is 0 Å². The fourth-order valence-electron chi connectivity index (χ4n) is 2.80. The number of fused-ring (bicyclic) bond motifs is 1. The number of aryl methyl sites for hydroxylation is 1. The summed E-state index contributed by atoms with van der Waals surface area (Å²) in [5, 5.41) is 4.02. The predicted molar refractivity (Wildman–Crippen MR) is 62.9 cm³/mol. The van der Waals surface area contributed by atoms with E-state index in [2.05, 4.69) is 5.16 Å². The molecule has 4 nitrogen and oxygen atoms in total. The summed E-state index contributed by atoms with van der Waals surface area (Å²) in [5.74, 6) is 1.03. The molecule has 1 saturated heterocycles. The first-order valence-corrected chi connectivity index (χ1v) is 6.63.